The molecule has 0 aromatic heterocycles. The average molecular weight is 282 g/mol. The van der Waals surface area contributed by atoms with Gasteiger partial charge in [-0.15, -0.1) is 0 Å². The van der Waals surface area contributed by atoms with Crippen molar-refractivity contribution in [3.63, 3.8) is 0 Å². The molecule has 0 atom stereocenters. The number of nitrogens with zero attached hydrogens (tertiary/aromatic N) is 1. The third kappa shape index (κ3) is 3.67. The molecule has 0 aliphatic rings. The normalized spacial score (nSPS) is 9.76. The molecule has 0 heterocycles. The van der Waals surface area contributed by atoms with Crippen LogP contribution in [0.4, 0.5) is 5.69 Å². The fraction of sp³-hybridized carbons (Fsp3) is 0.235. The van der Waals surface area contributed by atoms with Gasteiger partial charge in [-0.2, -0.15) is 5.26 Å². The SMILES string of the molecule is CCOc1cccc(CNc2ccc(C#N)cc2)c1OC. The van der Waals surface area contributed by atoms with Crippen molar-refractivity contribution >= 4 is 5.69 Å². The van der Waals surface area contributed by atoms with E-state index in [-0.39, 0.29) is 0 Å². The van der Waals surface area contributed by atoms with Crippen LogP contribution in [0.25, 0.3) is 0 Å². The number of nitriles is 1. The van der Waals surface area contributed by atoms with E-state index in [4.69, 9.17) is 14.7 Å². The van der Waals surface area contributed by atoms with Crippen LogP contribution in [0.1, 0.15) is 18.1 Å². The molecule has 0 radical (unpaired) electrons. The zero-order valence-corrected chi connectivity index (χ0v) is 12.2. The van der Waals surface area contributed by atoms with Gasteiger partial charge in [0, 0.05) is 17.8 Å². The van der Waals surface area contributed by atoms with Gasteiger partial charge in [0.2, 0.25) is 0 Å². The van der Waals surface area contributed by atoms with Crippen molar-refractivity contribution in [1.82, 2.24) is 0 Å². The number of hydrogen-bond donors (Lipinski definition) is 1. The van der Waals surface area contributed by atoms with Crippen LogP contribution < -0.4 is 14.8 Å². The molecule has 108 valence electrons. The number of methoxy groups -OCH3 is 1. The first kappa shape index (κ1) is 14.7. The molecule has 0 bridgehead atoms. The van der Waals surface area contributed by atoms with Crippen molar-refractivity contribution in [1.29, 1.82) is 5.26 Å². The summed E-state index contributed by atoms with van der Waals surface area (Å²) in [6.45, 7) is 3.17. The lowest BCUT2D eigenvalue weighted by molar-refractivity contribution is 0.309. The lowest BCUT2D eigenvalue weighted by Gasteiger charge is -2.14. The number of rotatable bonds is 6. The molecular formula is C17H18N2O2. The fourth-order valence-electron chi connectivity index (χ4n) is 2.06. The Hall–Kier alpha value is -2.67. The van der Waals surface area contributed by atoms with Crippen molar-refractivity contribution in [3.05, 3.63) is 53.6 Å². The molecule has 2 aromatic rings. The van der Waals surface area contributed by atoms with E-state index in [0.29, 0.717) is 18.7 Å². The first-order valence-corrected chi connectivity index (χ1v) is 6.81. The molecule has 0 saturated carbocycles. The largest absolute Gasteiger partial charge is 0.493 e. The molecule has 2 rings (SSSR count). The number of nitrogens with one attached hydrogen (secondary N) is 1. The topological polar surface area (TPSA) is 54.3 Å². The Balaban J connectivity index is 2.12. The van der Waals surface area contributed by atoms with Crippen LogP contribution in [0.2, 0.25) is 0 Å². The highest BCUT2D eigenvalue weighted by Crippen LogP contribution is 2.31. The summed E-state index contributed by atoms with van der Waals surface area (Å²) < 4.78 is 11.0. The predicted molar refractivity (Wildman–Crippen MR) is 82.6 cm³/mol. The maximum Gasteiger partial charge on any atom is 0.165 e. The molecule has 21 heavy (non-hydrogen) atoms. The van der Waals surface area contributed by atoms with Crippen molar-refractivity contribution < 1.29 is 9.47 Å². The second kappa shape index (κ2) is 7.20. The van der Waals surface area contributed by atoms with Gasteiger partial charge < -0.3 is 14.8 Å². The number of para-hydroxylation sites is 1. The third-order valence-corrected chi connectivity index (χ3v) is 3.06. The Morgan fingerprint density at radius 3 is 2.52 bits per heavy atom. The minimum Gasteiger partial charge on any atom is -0.493 e. The van der Waals surface area contributed by atoms with Gasteiger partial charge in [-0.25, -0.2) is 0 Å². The van der Waals surface area contributed by atoms with E-state index >= 15 is 0 Å². The van der Waals surface area contributed by atoms with Gasteiger partial charge in [0.25, 0.3) is 0 Å². The van der Waals surface area contributed by atoms with E-state index in [9.17, 15) is 0 Å². The van der Waals surface area contributed by atoms with Crippen molar-refractivity contribution in [2.75, 3.05) is 19.0 Å². The standard InChI is InChI=1S/C17H18N2O2/c1-3-21-16-6-4-5-14(17(16)20-2)12-19-15-9-7-13(11-18)8-10-15/h4-10,19H,3,12H2,1-2H3. The van der Waals surface area contributed by atoms with Crippen molar-refractivity contribution in [2.45, 2.75) is 13.5 Å². The van der Waals surface area contributed by atoms with Gasteiger partial charge >= 0.3 is 0 Å². The molecule has 2 aromatic carbocycles. The third-order valence-electron chi connectivity index (χ3n) is 3.06. The molecule has 0 saturated heterocycles. The molecule has 4 nitrogen and oxygen atoms in total. The first-order chi connectivity index (χ1) is 10.3. The second-order valence-corrected chi connectivity index (χ2v) is 4.42. The van der Waals surface area contributed by atoms with E-state index in [0.717, 1.165) is 22.7 Å². The quantitative estimate of drug-likeness (QED) is 0.880. The molecule has 0 aliphatic heterocycles. The van der Waals surface area contributed by atoms with Crippen molar-refractivity contribution in [2.24, 2.45) is 0 Å². The Morgan fingerprint density at radius 1 is 1.14 bits per heavy atom. The van der Waals surface area contributed by atoms with E-state index < -0.39 is 0 Å². The number of benzene rings is 2. The second-order valence-electron chi connectivity index (χ2n) is 4.42. The van der Waals surface area contributed by atoms with Gasteiger partial charge in [-0.05, 0) is 37.3 Å². The Morgan fingerprint density at radius 2 is 1.90 bits per heavy atom. The van der Waals surface area contributed by atoms with E-state index in [1.54, 1.807) is 19.2 Å². The first-order valence-electron chi connectivity index (χ1n) is 6.81. The van der Waals surface area contributed by atoms with Gasteiger partial charge in [-0.3, -0.25) is 0 Å². The maximum atomic E-state index is 8.78. The van der Waals surface area contributed by atoms with E-state index in [1.165, 1.54) is 0 Å². The number of anilines is 1. The van der Waals surface area contributed by atoms with Crippen LogP contribution in [0, 0.1) is 11.3 Å². The molecule has 0 unspecified atom stereocenters. The summed E-state index contributed by atoms with van der Waals surface area (Å²) in [5, 5.41) is 12.1. The smallest absolute Gasteiger partial charge is 0.165 e. The monoisotopic (exact) mass is 282 g/mol. The molecular weight excluding hydrogens is 264 g/mol. The predicted octanol–water partition coefficient (Wildman–Crippen LogP) is 3.58. The molecule has 0 fully saturated rings. The molecule has 0 spiro atoms. The van der Waals surface area contributed by atoms with Gasteiger partial charge in [-0.1, -0.05) is 12.1 Å². The Labute approximate surface area is 124 Å². The number of hydrogen-bond acceptors (Lipinski definition) is 4. The average Bonchev–Trinajstić information content (AvgIpc) is 2.54. The van der Waals surface area contributed by atoms with Gasteiger partial charge in [0.05, 0.1) is 25.3 Å². The lowest BCUT2D eigenvalue weighted by atomic mass is 10.1. The van der Waals surface area contributed by atoms with Crippen LogP contribution in [-0.4, -0.2) is 13.7 Å². The molecule has 1 N–H and O–H groups in total. The zero-order valence-electron chi connectivity index (χ0n) is 12.2. The number of ether oxygens (including phenoxy) is 2. The molecule has 4 heteroatoms. The van der Waals surface area contributed by atoms with E-state index in [2.05, 4.69) is 11.4 Å². The maximum absolute atomic E-state index is 8.78. The lowest BCUT2D eigenvalue weighted by Crippen LogP contribution is -2.03. The highest BCUT2D eigenvalue weighted by atomic mass is 16.5. The fourth-order valence-corrected chi connectivity index (χ4v) is 2.06. The van der Waals surface area contributed by atoms with Crippen LogP contribution in [0.15, 0.2) is 42.5 Å². The summed E-state index contributed by atoms with van der Waals surface area (Å²) in [4.78, 5) is 0. The molecule has 0 aliphatic carbocycles. The van der Waals surface area contributed by atoms with Crippen molar-refractivity contribution in [3.8, 4) is 17.6 Å². The summed E-state index contributed by atoms with van der Waals surface area (Å²) in [7, 11) is 1.64. The highest BCUT2D eigenvalue weighted by molar-refractivity contribution is 5.51. The van der Waals surface area contributed by atoms with Gasteiger partial charge in [0.1, 0.15) is 0 Å². The summed E-state index contributed by atoms with van der Waals surface area (Å²) in [5.74, 6) is 1.50. The zero-order chi connectivity index (χ0) is 15.1. The molecule has 0 amide bonds. The Kier molecular flexibility index (Phi) is 5.05. The van der Waals surface area contributed by atoms with Crippen LogP contribution >= 0.6 is 0 Å². The summed E-state index contributed by atoms with van der Waals surface area (Å²) in [6, 6.07) is 15.3. The van der Waals surface area contributed by atoms with E-state index in [1.807, 2.05) is 37.3 Å². The summed E-state index contributed by atoms with van der Waals surface area (Å²) in [6.07, 6.45) is 0. The minimum absolute atomic E-state index is 0.600. The highest BCUT2D eigenvalue weighted by Gasteiger charge is 2.09. The minimum atomic E-state index is 0.600. The summed E-state index contributed by atoms with van der Waals surface area (Å²) >= 11 is 0. The van der Waals surface area contributed by atoms with Crippen LogP contribution in [0.5, 0.6) is 11.5 Å². The van der Waals surface area contributed by atoms with Gasteiger partial charge in [0.15, 0.2) is 11.5 Å². The summed E-state index contributed by atoms with van der Waals surface area (Å²) in [5.41, 5.74) is 2.63. The van der Waals surface area contributed by atoms with Crippen LogP contribution in [-0.2, 0) is 6.54 Å². The van der Waals surface area contributed by atoms with Crippen LogP contribution in [0.3, 0.4) is 0 Å². The Bertz CT molecular complexity index is 630.